The zero-order valence-corrected chi connectivity index (χ0v) is 11.7. The summed E-state index contributed by atoms with van der Waals surface area (Å²) < 4.78 is 0. The van der Waals surface area contributed by atoms with Crippen LogP contribution in [0.25, 0.3) is 0 Å². The number of amides is 1. The number of hydrogen-bond acceptors (Lipinski definition) is 5. The lowest BCUT2D eigenvalue weighted by Crippen LogP contribution is -2.34. The Morgan fingerprint density at radius 2 is 2.32 bits per heavy atom. The summed E-state index contributed by atoms with van der Waals surface area (Å²) in [6, 6.07) is 4.26. The SMILES string of the molecule is CN(C)[C@H](CNC(=O)c1cnccn1)c1cccs1. The minimum atomic E-state index is -0.198. The van der Waals surface area contributed by atoms with Crippen LogP contribution in [0.3, 0.4) is 0 Å². The number of nitrogens with zero attached hydrogens (tertiary/aromatic N) is 3. The van der Waals surface area contributed by atoms with E-state index in [9.17, 15) is 4.79 Å². The summed E-state index contributed by atoms with van der Waals surface area (Å²) in [5, 5.41) is 4.93. The van der Waals surface area contributed by atoms with Crippen molar-refractivity contribution in [3.05, 3.63) is 46.7 Å². The third kappa shape index (κ3) is 3.59. The highest BCUT2D eigenvalue weighted by Gasteiger charge is 2.17. The second-order valence-corrected chi connectivity index (χ2v) is 5.27. The van der Waals surface area contributed by atoms with Crippen molar-refractivity contribution in [1.82, 2.24) is 20.2 Å². The first-order chi connectivity index (χ1) is 9.18. The van der Waals surface area contributed by atoms with Gasteiger partial charge in [-0.25, -0.2) is 4.98 Å². The molecule has 0 saturated carbocycles. The maximum atomic E-state index is 11.9. The van der Waals surface area contributed by atoms with Gasteiger partial charge in [-0.15, -0.1) is 11.3 Å². The van der Waals surface area contributed by atoms with E-state index in [1.165, 1.54) is 17.3 Å². The van der Waals surface area contributed by atoms with Gasteiger partial charge in [0.1, 0.15) is 5.69 Å². The molecule has 1 atom stereocenters. The van der Waals surface area contributed by atoms with Crippen LogP contribution < -0.4 is 5.32 Å². The highest BCUT2D eigenvalue weighted by Crippen LogP contribution is 2.22. The van der Waals surface area contributed by atoms with E-state index in [2.05, 4.69) is 26.3 Å². The van der Waals surface area contributed by atoms with Crippen LogP contribution in [0.4, 0.5) is 0 Å². The average Bonchev–Trinajstić information content (AvgIpc) is 2.93. The number of likely N-dealkylation sites (N-methyl/N-ethyl adjacent to an activating group) is 1. The summed E-state index contributed by atoms with van der Waals surface area (Å²) in [6.07, 6.45) is 4.52. The summed E-state index contributed by atoms with van der Waals surface area (Å²) in [5.41, 5.74) is 0.339. The Balaban J connectivity index is 1.98. The van der Waals surface area contributed by atoms with E-state index in [0.717, 1.165) is 0 Å². The number of thiophene rings is 1. The van der Waals surface area contributed by atoms with E-state index in [1.54, 1.807) is 17.5 Å². The van der Waals surface area contributed by atoms with Crippen LogP contribution in [0.1, 0.15) is 21.4 Å². The van der Waals surface area contributed by atoms with Gasteiger partial charge < -0.3 is 10.2 Å². The average molecular weight is 276 g/mol. The van der Waals surface area contributed by atoms with E-state index < -0.39 is 0 Å². The highest BCUT2D eigenvalue weighted by molar-refractivity contribution is 7.10. The van der Waals surface area contributed by atoms with Gasteiger partial charge in [0.25, 0.3) is 5.91 Å². The summed E-state index contributed by atoms with van der Waals surface area (Å²) in [4.78, 5) is 23.1. The number of aromatic nitrogens is 2. The molecule has 100 valence electrons. The molecule has 0 unspecified atom stereocenters. The molecule has 2 heterocycles. The lowest BCUT2D eigenvalue weighted by molar-refractivity contribution is 0.0937. The summed E-state index contributed by atoms with van der Waals surface area (Å²) in [7, 11) is 4.00. The lowest BCUT2D eigenvalue weighted by atomic mass is 10.2. The number of carbonyl (C=O) groups excluding carboxylic acids is 1. The fourth-order valence-corrected chi connectivity index (χ4v) is 2.64. The standard InChI is InChI=1S/C13H16N4OS/c1-17(2)11(12-4-3-7-19-12)9-16-13(18)10-8-14-5-6-15-10/h3-8,11H,9H2,1-2H3,(H,16,18)/t11-/m1/s1. The minimum Gasteiger partial charge on any atom is -0.349 e. The van der Waals surface area contributed by atoms with Gasteiger partial charge in [0.15, 0.2) is 0 Å². The van der Waals surface area contributed by atoms with Gasteiger partial charge in [0.2, 0.25) is 0 Å². The third-order valence-electron chi connectivity index (χ3n) is 2.75. The fourth-order valence-electron chi connectivity index (χ4n) is 1.71. The molecule has 0 spiro atoms. The van der Waals surface area contributed by atoms with Gasteiger partial charge in [0.05, 0.1) is 12.2 Å². The van der Waals surface area contributed by atoms with Crippen molar-refractivity contribution < 1.29 is 4.79 Å². The van der Waals surface area contributed by atoms with Gasteiger partial charge in [-0.3, -0.25) is 9.78 Å². The molecule has 2 aromatic heterocycles. The van der Waals surface area contributed by atoms with E-state index >= 15 is 0 Å². The molecule has 1 N–H and O–H groups in total. The monoisotopic (exact) mass is 276 g/mol. The molecule has 0 fully saturated rings. The zero-order valence-electron chi connectivity index (χ0n) is 10.9. The van der Waals surface area contributed by atoms with Crippen LogP contribution in [-0.4, -0.2) is 41.4 Å². The topological polar surface area (TPSA) is 58.1 Å². The van der Waals surface area contributed by atoms with E-state index in [4.69, 9.17) is 0 Å². The summed E-state index contributed by atoms with van der Waals surface area (Å²) >= 11 is 1.69. The van der Waals surface area contributed by atoms with Crippen LogP contribution in [0.15, 0.2) is 36.1 Å². The van der Waals surface area contributed by atoms with Crippen LogP contribution in [0.5, 0.6) is 0 Å². The van der Waals surface area contributed by atoms with Gasteiger partial charge in [-0.1, -0.05) is 6.07 Å². The molecule has 0 aliphatic carbocycles. The predicted molar refractivity (Wildman–Crippen MR) is 75.1 cm³/mol. The first-order valence-corrected chi connectivity index (χ1v) is 6.80. The van der Waals surface area contributed by atoms with Crippen molar-refractivity contribution >= 4 is 17.2 Å². The Morgan fingerprint density at radius 1 is 1.47 bits per heavy atom. The van der Waals surface area contributed by atoms with Crippen LogP contribution >= 0.6 is 11.3 Å². The highest BCUT2D eigenvalue weighted by atomic mass is 32.1. The van der Waals surface area contributed by atoms with Gasteiger partial charge in [0, 0.05) is 23.8 Å². The molecule has 1 amide bonds. The molecule has 0 aliphatic heterocycles. The van der Waals surface area contributed by atoms with Crippen molar-refractivity contribution in [2.45, 2.75) is 6.04 Å². The van der Waals surface area contributed by atoms with Crippen molar-refractivity contribution in [3.8, 4) is 0 Å². The molecule has 0 aliphatic rings. The summed E-state index contributed by atoms with van der Waals surface area (Å²) in [5.74, 6) is -0.198. The molecule has 19 heavy (non-hydrogen) atoms. The summed E-state index contributed by atoms with van der Waals surface area (Å²) in [6.45, 7) is 0.545. The Hall–Kier alpha value is -1.79. The molecular weight excluding hydrogens is 260 g/mol. The Labute approximate surface area is 116 Å². The minimum absolute atomic E-state index is 0.167. The van der Waals surface area contributed by atoms with E-state index in [-0.39, 0.29) is 11.9 Å². The number of carbonyl (C=O) groups is 1. The molecule has 2 aromatic rings. The fraction of sp³-hybridized carbons (Fsp3) is 0.308. The molecular formula is C13H16N4OS. The van der Waals surface area contributed by atoms with Gasteiger partial charge >= 0.3 is 0 Å². The first kappa shape index (κ1) is 13.6. The molecule has 2 rings (SSSR count). The molecule has 0 aromatic carbocycles. The Bertz CT molecular complexity index is 513. The van der Waals surface area contributed by atoms with Crippen molar-refractivity contribution in [2.24, 2.45) is 0 Å². The van der Waals surface area contributed by atoms with Crippen molar-refractivity contribution in [1.29, 1.82) is 0 Å². The number of rotatable bonds is 5. The largest absolute Gasteiger partial charge is 0.349 e. The van der Waals surface area contributed by atoms with Crippen molar-refractivity contribution in [2.75, 3.05) is 20.6 Å². The lowest BCUT2D eigenvalue weighted by Gasteiger charge is -2.23. The Kier molecular flexibility index (Phi) is 4.59. The van der Waals surface area contributed by atoms with E-state index in [0.29, 0.717) is 12.2 Å². The second kappa shape index (κ2) is 6.40. The molecule has 0 bridgehead atoms. The smallest absolute Gasteiger partial charge is 0.271 e. The normalized spacial score (nSPS) is 12.4. The van der Waals surface area contributed by atoms with Crippen LogP contribution in [0.2, 0.25) is 0 Å². The van der Waals surface area contributed by atoms with Crippen LogP contribution in [0, 0.1) is 0 Å². The molecule has 0 radical (unpaired) electrons. The maximum absolute atomic E-state index is 11.9. The quantitative estimate of drug-likeness (QED) is 0.900. The van der Waals surface area contributed by atoms with Gasteiger partial charge in [-0.05, 0) is 25.5 Å². The van der Waals surface area contributed by atoms with E-state index in [1.807, 2.05) is 25.5 Å². The van der Waals surface area contributed by atoms with Crippen LogP contribution in [-0.2, 0) is 0 Å². The molecule has 6 heteroatoms. The Morgan fingerprint density at radius 3 is 2.89 bits per heavy atom. The number of hydrogen-bond donors (Lipinski definition) is 1. The molecule has 5 nitrogen and oxygen atoms in total. The zero-order chi connectivity index (χ0) is 13.7. The third-order valence-corrected chi connectivity index (χ3v) is 3.72. The second-order valence-electron chi connectivity index (χ2n) is 4.30. The molecule has 0 saturated heterocycles. The predicted octanol–water partition coefficient (Wildman–Crippen LogP) is 1.57. The number of nitrogens with one attached hydrogen (secondary N) is 1. The van der Waals surface area contributed by atoms with Gasteiger partial charge in [-0.2, -0.15) is 0 Å². The van der Waals surface area contributed by atoms with Crippen molar-refractivity contribution in [3.63, 3.8) is 0 Å². The first-order valence-electron chi connectivity index (χ1n) is 5.92. The maximum Gasteiger partial charge on any atom is 0.271 e.